The molecule has 2 aromatic rings. The predicted molar refractivity (Wildman–Crippen MR) is 64.7 cm³/mol. The van der Waals surface area contributed by atoms with Crippen molar-refractivity contribution >= 4 is 5.69 Å². The van der Waals surface area contributed by atoms with Crippen LogP contribution in [0.15, 0.2) is 18.2 Å². The van der Waals surface area contributed by atoms with E-state index < -0.39 is 0 Å². The van der Waals surface area contributed by atoms with Gasteiger partial charge in [0, 0.05) is 30.3 Å². The Labute approximate surface area is 99.2 Å². The van der Waals surface area contributed by atoms with Gasteiger partial charge in [-0.25, -0.2) is 0 Å². The minimum Gasteiger partial charge on any atom is -0.497 e. The molecule has 0 bridgehead atoms. The first-order chi connectivity index (χ1) is 8.29. The largest absolute Gasteiger partial charge is 0.497 e. The molecule has 0 saturated heterocycles. The lowest BCUT2D eigenvalue weighted by molar-refractivity contribution is 0.415. The second-order valence-corrected chi connectivity index (χ2v) is 4.15. The number of nitrogens with two attached hydrogens (primary N) is 1. The van der Waals surface area contributed by atoms with Crippen LogP contribution in [0.2, 0.25) is 0 Å². The van der Waals surface area contributed by atoms with Crippen LogP contribution in [-0.4, -0.2) is 21.9 Å². The second kappa shape index (κ2) is 3.76. The molecule has 0 atom stereocenters. The number of fused-ring (bicyclic) bond motifs is 1. The molecule has 1 aliphatic rings. The molecule has 3 rings (SSSR count). The zero-order chi connectivity index (χ0) is 11.8. The van der Waals surface area contributed by atoms with Crippen LogP contribution in [0.4, 0.5) is 5.69 Å². The van der Waals surface area contributed by atoms with Gasteiger partial charge in [-0.1, -0.05) is 0 Å². The standard InChI is InChI=1S/C12H14N4O/c1-17-8-4-5-9(10(13)7-8)12-15-14-11-3-2-6-16(11)12/h4-5,7H,2-3,6,13H2,1H3. The number of benzene rings is 1. The molecule has 1 aliphatic heterocycles. The maximum atomic E-state index is 6.02. The van der Waals surface area contributed by atoms with Crippen LogP contribution in [0.3, 0.4) is 0 Å². The van der Waals surface area contributed by atoms with Gasteiger partial charge in [0.15, 0.2) is 5.82 Å². The van der Waals surface area contributed by atoms with E-state index in [1.807, 2.05) is 18.2 Å². The number of ether oxygens (including phenoxy) is 1. The molecule has 2 heterocycles. The van der Waals surface area contributed by atoms with Crippen molar-refractivity contribution < 1.29 is 4.74 Å². The maximum absolute atomic E-state index is 6.02. The van der Waals surface area contributed by atoms with Gasteiger partial charge in [0.1, 0.15) is 11.6 Å². The van der Waals surface area contributed by atoms with Gasteiger partial charge in [-0.05, 0) is 18.6 Å². The van der Waals surface area contributed by atoms with Crippen molar-refractivity contribution in [1.29, 1.82) is 0 Å². The summed E-state index contributed by atoms with van der Waals surface area (Å²) in [5.74, 6) is 2.67. The van der Waals surface area contributed by atoms with E-state index in [-0.39, 0.29) is 0 Å². The minimum atomic E-state index is 0.673. The zero-order valence-corrected chi connectivity index (χ0v) is 9.68. The molecule has 0 radical (unpaired) electrons. The Balaban J connectivity index is 2.09. The van der Waals surface area contributed by atoms with Crippen molar-refractivity contribution in [2.24, 2.45) is 0 Å². The van der Waals surface area contributed by atoms with E-state index in [4.69, 9.17) is 10.5 Å². The van der Waals surface area contributed by atoms with Gasteiger partial charge >= 0.3 is 0 Å². The Hall–Kier alpha value is -2.04. The highest BCUT2D eigenvalue weighted by molar-refractivity contribution is 5.73. The molecular formula is C12H14N4O. The van der Waals surface area contributed by atoms with Crippen LogP contribution in [0.25, 0.3) is 11.4 Å². The predicted octanol–water partition coefficient (Wildman–Crippen LogP) is 1.48. The van der Waals surface area contributed by atoms with E-state index >= 15 is 0 Å². The number of aryl methyl sites for hydroxylation is 1. The number of hydrogen-bond donors (Lipinski definition) is 1. The zero-order valence-electron chi connectivity index (χ0n) is 9.68. The van der Waals surface area contributed by atoms with E-state index in [0.29, 0.717) is 5.69 Å². The third kappa shape index (κ3) is 1.54. The molecule has 5 nitrogen and oxygen atoms in total. The highest BCUT2D eigenvalue weighted by Gasteiger charge is 2.19. The summed E-state index contributed by atoms with van der Waals surface area (Å²) in [6.07, 6.45) is 2.14. The van der Waals surface area contributed by atoms with Crippen LogP contribution < -0.4 is 10.5 Å². The van der Waals surface area contributed by atoms with Gasteiger partial charge in [0.2, 0.25) is 0 Å². The summed E-state index contributed by atoms with van der Waals surface area (Å²) in [5.41, 5.74) is 7.62. The molecule has 0 fully saturated rings. The highest BCUT2D eigenvalue weighted by atomic mass is 16.5. The lowest BCUT2D eigenvalue weighted by Crippen LogP contribution is -1.99. The lowest BCUT2D eigenvalue weighted by atomic mass is 10.1. The molecule has 2 N–H and O–H groups in total. The van der Waals surface area contributed by atoms with Crippen LogP contribution in [0, 0.1) is 0 Å². The fourth-order valence-electron chi connectivity index (χ4n) is 2.22. The molecule has 0 spiro atoms. The molecule has 0 aliphatic carbocycles. The molecule has 0 amide bonds. The second-order valence-electron chi connectivity index (χ2n) is 4.15. The average Bonchev–Trinajstić information content (AvgIpc) is 2.91. The third-order valence-corrected chi connectivity index (χ3v) is 3.11. The SMILES string of the molecule is COc1ccc(-c2nnc3n2CCC3)c(N)c1. The Bertz CT molecular complexity index is 562. The maximum Gasteiger partial charge on any atom is 0.166 e. The number of nitrogen functional groups attached to an aromatic ring is 1. The molecule has 88 valence electrons. The summed E-state index contributed by atoms with van der Waals surface area (Å²) in [6.45, 7) is 0.975. The van der Waals surface area contributed by atoms with Gasteiger partial charge < -0.3 is 15.0 Å². The lowest BCUT2D eigenvalue weighted by Gasteiger charge is -2.08. The number of anilines is 1. The fraction of sp³-hybridized carbons (Fsp3) is 0.333. The number of rotatable bonds is 2. The van der Waals surface area contributed by atoms with E-state index in [0.717, 1.165) is 42.3 Å². The van der Waals surface area contributed by atoms with Crippen LogP contribution >= 0.6 is 0 Å². The van der Waals surface area contributed by atoms with Crippen molar-refractivity contribution in [2.75, 3.05) is 12.8 Å². The summed E-state index contributed by atoms with van der Waals surface area (Å²) >= 11 is 0. The van der Waals surface area contributed by atoms with E-state index in [9.17, 15) is 0 Å². The van der Waals surface area contributed by atoms with Gasteiger partial charge in [-0.15, -0.1) is 10.2 Å². The first-order valence-electron chi connectivity index (χ1n) is 5.65. The highest BCUT2D eigenvalue weighted by Crippen LogP contribution is 2.30. The monoisotopic (exact) mass is 230 g/mol. The van der Waals surface area contributed by atoms with E-state index in [1.165, 1.54) is 0 Å². The molecule has 1 aromatic carbocycles. The van der Waals surface area contributed by atoms with Gasteiger partial charge in [0.05, 0.1) is 7.11 Å². The topological polar surface area (TPSA) is 66.0 Å². The van der Waals surface area contributed by atoms with Crippen molar-refractivity contribution in [2.45, 2.75) is 19.4 Å². The Kier molecular flexibility index (Phi) is 2.24. The van der Waals surface area contributed by atoms with E-state index in [1.54, 1.807) is 7.11 Å². The van der Waals surface area contributed by atoms with Crippen molar-refractivity contribution in [3.8, 4) is 17.1 Å². The van der Waals surface area contributed by atoms with Crippen LogP contribution in [-0.2, 0) is 13.0 Å². The van der Waals surface area contributed by atoms with Crippen molar-refractivity contribution in [3.05, 3.63) is 24.0 Å². The Morgan fingerprint density at radius 3 is 3.00 bits per heavy atom. The fourth-order valence-corrected chi connectivity index (χ4v) is 2.22. The number of aromatic nitrogens is 3. The van der Waals surface area contributed by atoms with E-state index in [2.05, 4.69) is 14.8 Å². The first-order valence-corrected chi connectivity index (χ1v) is 5.65. The molecule has 5 heteroatoms. The number of methoxy groups -OCH3 is 1. The Morgan fingerprint density at radius 1 is 1.35 bits per heavy atom. The normalized spacial score (nSPS) is 13.7. The van der Waals surface area contributed by atoms with Gasteiger partial charge in [-0.3, -0.25) is 0 Å². The third-order valence-electron chi connectivity index (χ3n) is 3.11. The summed E-state index contributed by atoms with van der Waals surface area (Å²) in [4.78, 5) is 0. The summed E-state index contributed by atoms with van der Waals surface area (Å²) in [5, 5.41) is 8.40. The average molecular weight is 230 g/mol. The molecule has 17 heavy (non-hydrogen) atoms. The smallest absolute Gasteiger partial charge is 0.166 e. The minimum absolute atomic E-state index is 0.673. The summed E-state index contributed by atoms with van der Waals surface area (Å²) in [6, 6.07) is 5.64. The number of nitrogens with zero attached hydrogens (tertiary/aromatic N) is 3. The molecular weight excluding hydrogens is 216 g/mol. The van der Waals surface area contributed by atoms with Crippen molar-refractivity contribution in [3.63, 3.8) is 0 Å². The van der Waals surface area contributed by atoms with Gasteiger partial charge in [-0.2, -0.15) is 0 Å². The molecule has 0 unspecified atom stereocenters. The molecule has 0 saturated carbocycles. The van der Waals surface area contributed by atoms with Crippen LogP contribution in [0.1, 0.15) is 12.2 Å². The number of hydrogen-bond acceptors (Lipinski definition) is 4. The summed E-state index contributed by atoms with van der Waals surface area (Å²) < 4.78 is 7.27. The van der Waals surface area contributed by atoms with Gasteiger partial charge in [0.25, 0.3) is 0 Å². The first kappa shape index (κ1) is 10.1. The Morgan fingerprint density at radius 2 is 2.24 bits per heavy atom. The van der Waals surface area contributed by atoms with Crippen molar-refractivity contribution in [1.82, 2.24) is 14.8 Å². The quantitative estimate of drug-likeness (QED) is 0.794. The summed E-state index contributed by atoms with van der Waals surface area (Å²) in [7, 11) is 1.63. The van der Waals surface area contributed by atoms with Crippen LogP contribution in [0.5, 0.6) is 5.75 Å². The molecule has 1 aromatic heterocycles.